The van der Waals surface area contributed by atoms with Gasteiger partial charge in [-0.05, 0) is 70.3 Å². The number of halogens is 1. The number of amides is 1. The summed E-state index contributed by atoms with van der Waals surface area (Å²) >= 11 is 3.50. The minimum Gasteiger partial charge on any atom is -0.463 e. The maximum Gasteiger partial charge on any atom is 0.310 e. The average Bonchev–Trinajstić information content (AvgIpc) is 3.38. The van der Waals surface area contributed by atoms with Gasteiger partial charge < -0.3 is 10.1 Å². The van der Waals surface area contributed by atoms with Crippen molar-refractivity contribution in [3.8, 4) is 0 Å². The minimum atomic E-state index is -0.207. The second kappa shape index (κ2) is 9.12. The number of rotatable bonds is 5. The van der Waals surface area contributed by atoms with Crippen LogP contribution in [-0.4, -0.2) is 45.8 Å². The Labute approximate surface area is 191 Å². The van der Waals surface area contributed by atoms with Crippen molar-refractivity contribution in [2.45, 2.75) is 58.7 Å². The van der Waals surface area contributed by atoms with Crippen LogP contribution in [0.4, 0.5) is 5.69 Å². The smallest absolute Gasteiger partial charge is 0.310 e. The Morgan fingerprint density at radius 1 is 1.26 bits per heavy atom. The Hall–Kier alpha value is -2.19. The van der Waals surface area contributed by atoms with E-state index in [1.165, 1.54) is 0 Å². The van der Waals surface area contributed by atoms with Crippen molar-refractivity contribution < 1.29 is 14.3 Å². The van der Waals surface area contributed by atoms with Gasteiger partial charge in [0.15, 0.2) is 5.69 Å². The van der Waals surface area contributed by atoms with Gasteiger partial charge in [0.25, 0.3) is 5.91 Å². The molecule has 2 aliphatic rings. The lowest BCUT2D eigenvalue weighted by Crippen LogP contribution is -2.32. The summed E-state index contributed by atoms with van der Waals surface area (Å²) in [4.78, 5) is 27.6. The highest BCUT2D eigenvalue weighted by Crippen LogP contribution is 2.35. The number of carbonyl (C=O) groups excluding carboxylic acids is 2. The van der Waals surface area contributed by atoms with Crippen LogP contribution < -0.4 is 5.32 Å². The summed E-state index contributed by atoms with van der Waals surface area (Å²) in [5, 5.41) is 7.57. The van der Waals surface area contributed by atoms with Crippen molar-refractivity contribution in [1.82, 2.24) is 14.7 Å². The van der Waals surface area contributed by atoms with Crippen LogP contribution in [0.25, 0.3) is 0 Å². The molecule has 0 bridgehead atoms. The molecule has 1 saturated heterocycles. The SMILES string of the molecule is Cc1c(Br)cccc1NC(=O)c1cc2n(n1)CCC[C@@H]2N1CC[C@@H](C(=O)OC(C)C)C1. The first-order valence-electron chi connectivity index (χ1n) is 10.9. The van der Waals surface area contributed by atoms with Crippen LogP contribution in [0.3, 0.4) is 0 Å². The molecule has 1 N–H and O–H groups in total. The summed E-state index contributed by atoms with van der Waals surface area (Å²) in [7, 11) is 0. The number of nitrogens with one attached hydrogen (secondary N) is 1. The molecule has 0 unspecified atom stereocenters. The molecule has 1 aromatic carbocycles. The fourth-order valence-electron chi connectivity index (χ4n) is 4.46. The highest BCUT2D eigenvalue weighted by atomic mass is 79.9. The van der Waals surface area contributed by atoms with Gasteiger partial charge in [0.2, 0.25) is 0 Å². The van der Waals surface area contributed by atoms with Crippen LogP contribution in [0.5, 0.6) is 0 Å². The Balaban J connectivity index is 1.48. The van der Waals surface area contributed by atoms with E-state index in [-0.39, 0.29) is 29.9 Å². The molecule has 31 heavy (non-hydrogen) atoms. The predicted molar refractivity (Wildman–Crippen MR) is 122 cm³/mol. The topological polar surface area (TPSA) is 76.5 Å². The van der Waals surface area contributed by atoms with E-state index in [4.69, 9.17) is 4.74 Å². The molecule has 1 amide bonds. The Bertz CT molecular complexity index is 987. The molecule has 2 atom stereocenters. The van der Waals surface area contributed by atoms with E-state index < -0.39 is 0 Å². The summed E-state index contributed by atoms with van der Waals surface area (Å²) < 4.78 is 8.32. The second-order valence-electron chi connectivity index (χ2n) is 8.67. The number of benzene rings is 1. The molecule has 2 aliphatic heterocycles. The largest absolute Gasteiger partial charge is 0.463 e. The highest BCUT2D eigenvalue weighted by Gasteiger charge is 2.37. The number of hydrogen-bond acceptors (Lipinski definition) is 5. The Morgan fingerprint density at radius 2 is 2.06 bits per heavy atom. The monoisotopic (exact) mass is 488 g/mol. The van der Waals surface area contributed by atoms with Gasteiger partial charge in [-0.1, -0.05) is 22.0 Å². The Morgan fingerprint density at radius 3 is 2.84 bits per heavy atom. The average molecular weight is 489 g/mol. The van der Waals surface area contributed by atoms with Crippen molar-refractivity contribution in [3.63, 3.8) is 0 Å². The first-order valence-corrected chi connectivity index (χ1v) is 11.7. The molecule has 7 nitrogen and oxygen atoms in total. The predicted octanol–water partition coefficient (Wildman–Crippen LogP) is 4.31. The number of aromatic nitrogens is 2. The van der Waals surface area contributed by atoms with Gasteiger partial charge >= 0.3 is 5.97 Å². The summed E-state index contributed by atoms with van der Waals surface area (Å²) in [6.45, 7) is 8.08. The number of hydrogen-bond donors (Lipinski definition) is 1. The lowest BCUT2D eigenvalue weighted by Gasteiger charge is -2.31. The maximum atomic E-state index is 12.9. The third kappa shape index (κ3) is 4.70. The normalized spacial score (nSPS) is 21.2. The van der Waals surface area contributed by atoms with Crippen molar-refractivity contribution in [2.24, 2.45) is 5.92 Å². The first kappa shape index (κ1) is 22.0. The summed E-state index contributed by atoms with van der Waals surface area (Å²) in [5.41, 5.74) is 3.23. The molecule has 0 aliphatic carbocycles. The Kier molecular flexibility index (Phi) is 6.48. The number of carbonyl (C=O) groups is 2. The van der Waals surface area contributed by atoms with Gasteiger partial charge in [0.1, 0.15) is 0 Å². The first-order chi connectivity index (χ1) is 14.8. The maximum absolute atomic E-state index is 12.9. The number of fused-ring (bicyclic) bond motifs is 1. The molecule has 1 aromatic heterocycles. The molecule has 8 heteroatoms. The number of ether oxygens (including phenoxy) is 1. The van der Waals surface area contributed by atoms with Gasteiger partial charge in [-0.25, -0.2) is 0 Å². The quantitative estimate of drug-likeness (QED) is 0.634. The molecule has 4 rings (SSSR count). The fourth-order valence-corrected chi connectivity index (χ4v) is 4.83. The van der Waals surface area contributed by atoms with Crippen molar-refractivity contribution in [2.75, 3.05) is 18.4 Å². The standard InChI is InChI=1S/C23H29BrN4O3/c1-14(2)31-23(30)16-9-11-27(13-16)20-8-5-10-28-21(20)12-19(26-28)22(29)25-18-7-4-6-17(24)15(18)3/h4,6-7,12,14,16,20H,5,8-11,13H2,1-3H3,(H,25,29)/t16-,20+/m1/s1. The molecule has 3 heterocycles. The van der Waals surface area contributed by atoms with Crippen LogP contribution in [0, 0.1) is 12.8 Å². The molecule has 1 fully saturated rings. The zero-order chi connectivity index (χ0) is 22.1. The van der Waals surface area contributed by atoms with Crippen LogP contribution >= 0.6 is 15.9 Å². The zero-order valence-corrected chi connectivity index (χ0v) is 19.8. The van der Waals surface area contributed by atoms with Gasteiger partial charge in [0.05, 0.1) is 23.8 Å². The number of likely N-dealkylation sites (tertiary alicyclic amines) is 1. The van der Waals surface area contributed by atoms with E-state index in [9.17, 15) is 9.59 Å². The van der Waals surface area contributed by atoms with Gasteiger partial charge in [-0.15, -0.1) is 0 Å². The summed E-state index contributed by atoms with van der Waals surface area (Å²) in [5.74, 6) is -0.393. The molecule has 166 valence electrons. The van der Waals surface area contributed by atoms with E-state index in [0.717, 1.165) is 53.8 Å². The highest BCUT2D eigenvalue weighted by molar-refractivity contribution is 9.10. The van der Waals surface area contributed by atoms with Gasteiger partial charge in [-0.2, -0.15) is 5.10 Å². The van der Waals surface area contributed by atoms with Crippen LogP contribution in [0.15, 0.2) is 28.7 Å². The summed E-state index contributed by atoms with van der Waals surface area (Å²) in [6.07, 6.45) is 2.73. The second-order valence-corrected chi connectivity index (χ2v) is 9.52. The van der Waals surface area contributed by atoms with E-state index >= 15 is 0 Å². The molecule has 2 aromatic rings. The fraction of sp³-hybridized carbons (Fsp3) is 0.522. The number of anilines is 1. The molecule has 0 radical (unpaired) electrons. The third-order valence-electron chi connectivity index (χ3n) is 6.09. The van der Waals surface area contributed by atoms with E-state index in [1.54, 1.807) is 0 Å². The van der Waals surface area contributed by atoms with E-state index in [2.05, 4.69) is 31.2 Å². The lowest BCUT2D eigenvalue weighted by molar-refractivity contribution is -0.151. The minimum absolute atomic E-state index is 0.0806. The lowest BCUT2D eigenvalue weighted by atomic mass is 10.0. The molecular formula is C23H29BrN4O3. The molecule has 0 saturated carbocycles. The van der Waals surface area contributed by atoms with Crippen LogP contribution in [-0.2, 0) is 16.1 Å². The zero-order valence-electron chi connectivity index (χ0n) is 18.2. The van der Waals surface area contributed by atoms with Crippen LogP contribution in [0.1, 0.15) is 60.9 Å². The number of aryl methyl sites for hydroxylation is 1. The van der Waals surface area contributed by atoms with E-state index in [1.807, 2.05) is 49.7 Å². The summed E-state index contributed by atoms with van der Waals surface area (Å²) in [6, 6.07) is 7.82. The van der Waals surface area contributed by atoms with E-state index in [0.29, 0.717) is 12.2 Å². The molecule has 0 spiro atoms. The van der Waals surface area contributed by atoms with Crippen molar-refractivity contribution in [3.05, 3.63) is 45.7 Å². The van der Waals surface area contributed by atoms with Gasteiger partial charge in [-0.3, -0.25) is 19.2 Å². The number of nitrogens with zero attached hydrogens (tertiary/aromatic N) is 3. The number of esters is 1. The van der Waals surface area contributed by atoms with Crippen LogP contribution in [0.2, 0.25) is 0 Å². The van der Waals surface area contributed by atoms with Crippen molar-refractivity contribution in [1.29, 1.82) is 0 Å². The van der Waals surface area contributed by atoms with Crippen molar-refractivity contribution >= 4 is 33.5 Å². The third-order valence-corrected chi connectivity index (χ3v) is 6.95. The molecular weight excluding hydrogens is 460 g/mol. The van der Waals surface area contributed by atoms with Gasteiger partial charge in [0, 0.05) is 23.2 Å².